The summed E-state index contributed by atoms with van der Waals surface area (Å²) < 4.78 is 5.50. The van der Waals surface area contributed by atoms with Crippen LogP contribution < -0.4 is 4.74 Å². The first-order valence-electron chi connectivity index (χ1n) is 8.59. The standard InChI is InChI=1S/C20H21ClN2O3/c21-17-8-6-16(7-9-17)14-19(24)22-10-12-23(13-11-22)20(25)15-26-18-4-2-1-3-5-18/h1-9H,10-15H2. The second-order valence-electron chi connectivity index (χ2n) is 6.17. The molecule has 0 aliphatic carbocycles. The maximum Gasteiger partial charge on any atom is 0.260 e. The molecule has 0 N–H and O–H groups in total. The minimum atomic E-state index is -0.0568. The van der Waals surface area contributed by atoms with Gasteiger partial charge in [0.15, 0.2) is 6.61 Å². The molecular formula is C20H21ClN2O3. The summed E-state index contributed by atoms with van der Waals surface area (Å²) in [6, 6.07) is 16.6. The normalized spacial score (nSPS) is 14.2. The minimum Gasteiger partial charge on any atom is -0.484 e. The highest BCUT2D eigenvalue weighted by atomic mass is 35.5. The average molecular weight is 373 g/mol. The first-order valence-corrected chi connectivity index (χ1v) is 8.97. The van der Waals surface area contributed by atoms with E-state index in [1.807, 2.05) is 42.5 Å². The molecule has 1 fully saturated rings. The Balaban J connectivity index is 1.43. The molecule has 2 amide bonds. The molecule has 1 heterocycles. The number of rotatable bonds is 5. The number of para-hydroxylation sites is 1. The van der Waals surface area contributed by atoms with Crippen molar-refractivity contribution in [3.63, 3.8) is 0 Å². The number of hydrogen-bond donors (Lipinski definition) is 0. The molecule has 5 nitrogen and oxygen atoms in total. The summed E-state index contributed by atoms with van der Waals surface area (Å²) in [5.41, 5.74) is 0.939. The molecule has 0 radical (unpaired) electrons. The second kappa shape index (κ2) is 8.72. The number of carbonyl (C=O) groups is 2. The van der Waals surface area contributed by atoms with Gasteiger partial charge in [0.05, 0.1) is 6.42 Å². The molecule has 1 aliphatic rings. The van der Waals surface area contributed by atoms with E-state index in [1.165, 1.54) is 0 Å². The maximum atomic E-state index is 12.4. The average Bonchev–Trinajstić information content (AvgIpc) is 2.69. The molecule has 1 aliphatic heterocycles. The van der Waals surface area contributed by atoms with Gasteiger partial charge in [-0.2, -0.15) is 0 Å². The summed E-state index contributed by atoms with van der Waals surface area (Å²) in [6.07, 6.45) is 0.349. The van der Waals surface area contributed by atoms with Crippen LogP contribution in [0.1, 0.15) is 5.56 Å². The third-order valence-electron chi connectivity index (χ3n) is 4.36. The summed E-state index contributed by atoms with van der Waals surface area (Å²) in [6.45, 7) is 2.17. The molecule has 2 aromatic rings. The van der Waals surface area contributed by atoms with E-state index in [-0.39, 0.29) is 18.4 Å². The molecule has 3 rings (SSSR count). The van der Waals surface area contributed by atoms with E-state index in [0.717, 1.165) is 5.56 Å². The van der Waals surface area contributed by atoms with E-state index < -0.39 is 0 Å². The van der Waals surface area contributed by atoms with Gasteiger partial charge in [-0.05, 0) is 29.8 Å². The van der Waals surface area contributed by atoms with Crippen molar-refractivity contribution < 1.29 is 14.3 Å². The molecule has 0 unspecified atom stereocenters. The van der Waals surface area contributed by atoms with E-state index in [2.05, 4.69) is 0 Å². The maximum absolute atomic E-state index is 12.4. The highest BCUT2D eigenvalue weighted by Crippen LogP contribution is 2.12. The van der Waals surface area contributed by atoms with Crippen LogP contribution in [0.5, 0.6) is 5.75 Å². The summed E-state index contributed by atoms with van der Waals surface area (Å²) in [5.74, 6) is 0.691. The van der Waals surface area contributed by atoms with E-state index in [0.29, 0.717) is 43.4 Å². The van der Waals surface area contributed by atoms with Gasteiger partial charge >= 0.3 is 0 Å². The Bertz CT molecular complexity index is 741. The van der Waals surface area contributed by atoms with Gasteiger partial charge in [0, 0.05) is 31.2 Å². The van der Waals surface area contributed by atoms with Crippen LogP contribution in [0.3, 0.4) is 0 Å². The zero-order valence-electron chi connectivity index (χ0n) is 14.4. The van der Waals surface area contributed by atoms with Gasteiger partial charge in [-0.25, -0.2) is 0 Å². The Labute approximate surface area is 158 Å². The Morgan fingerprint density at radius 2 is 1.42 bits per heavy atom. The van der Waals surface area contributed by atoms with Crippen molar-refractivity contribution in [1.29, 1.82) is 0 Å². The molecule has 136 valence electrons. The van der Waals surface area contributed by atoms with Crippen LogP contribution in [0.15, 0.2) is 54.6 Å². The molecule has 1 saturated heterocycles. The molecular weight excluding hydrogens is 352 g/mol. The van der Waals surface area contributed by atoms with Gasteiger partial charge in [0.25, 0.3) is 5.91 Å². The van der Waals surface area contributed by atoms with Gasteiger partial charge in [0.2, 0.25) is 5.91 Å². The van der Waals surface area contributed by atoms with E-state index in [9.17, 15) is 9.59 Å². The van der Waals surface area contributed by atoms with Crippen LogP contribution in [0.4, 0.5) is 0 Å². The summed E-state index contributed by atoms with van der Waals surface area (Å²) in [4.78, 5) is 28.2. The van der Waals surface area contributed by atoms with Crippen LogP contribution in [0.25, 0.3) is 0 Å². The summed E-state index contributed by atoms with van der Waals surface area (Å²) >= 11 is 5.86. The third kappa shape index (κ3) is 4.99. The van der Waals surface area contributed by atoms with Crippen molar-refractivity contribution in [3.05, 3.63) is 65.2 Å². The molecule has 0 saturated carbocycles. The smallest absolute Gasteiger partial charge is 0.260 e. The van der Waals surface area contributed by atoms with Crippen molar-refractivity contribution >= 4 is 23.4 Å². The van der Waals surface area contributed by atoms with E-state index >= 15 is 0 Å². The molecule has 0 bridgehead atoms. The van der Waals surface area contributed by atoms with Crippen LogP contribution >= 0.6 is 11.6 Å². The van der Waals surface area contributed by atoms with Crippen molar-refractivity contribution in [3.8, 4) is 5.75 Å². The first kappa shape index (κ1) is 18.3. The predicted octanol–water partition coefficient (Wildman–Crippen LogP) is 2.63. The fourth-order valence-electron chi connectivity index (χ4n) is 2.85. The zero-order chi connectivity index (χ0) is 18.4. The number of halogens is 1. The van der Waals surface area contributed by atoms with Gasteiger partial charge in [0.1, 0.15) is 5.75 Å². The monoisotopic (exact) mass is 372 g/mol. The quantitative estimate of drug-likeness (QED) is 0.810. The SMILES string of the molecule is O=C(COc1ccccc1)N1CCN(C(=O)Cc2ccc(Cl)cc2)CC1. The zero-order valence-corrected chi connectivity index (χ0v) is 15.2. The Morgan fingerprint density at radius 3 is 2.04 bits per heavy atom. The van der Waals surface area contributed by atoms with E-state index in [1.54, 1.807) is 21.9 Å². The van der Waals surface area contributed by atoms with E-state index in [4.69, 9.17) is 16.3 Å². The Hall–Kier alpha value is -2.53. The van der Waals surface area contributed by atoms with Crippen molar-refractivity contribution in [2.75, 3.05) is 32.8 Å². The fourth-order valence-corrected chi connectivity index (χ4v) is 2.97. The number of ether oxygens (including phenoxy) is 1. The highest BCUT2D eigenvalue weighted by molar-refractivity contribution is 6.30. The lowest BCUT2D eigenvalue weighted by Gasteiger charge is -2.34. The van der Waals surface area contributed by atoms with Gasteiger partial charge in [-0.3, -0.25) is 9.59 Å². The van der Waals surface area contributed by atoms with Crippen LogP contribution in [0, 0.1) is 0 Å². The minimum absolute atomic E-state index is 0.0166. The molecule has 2 aromatic carbocycles. The molecule has 26 heavy (non-hydrogen) atoms. The number of piperazine rings is 1. The second-order valence-corrected chi connectivity index (χ2v) is 6.60. The lowest BCUT2D eigenvalue weighted by molar-refractivity contribution is -0.140. The number of amides is 2. The lowest BCUT2D eigenvalue weighted by Crippen LogP contribution is -2.52. The number of nitrogens with zero attached hydrogens (tertiary/aromatic N) is 2. The van der Waals surface area contributed by atoms with Crippen LogP contribution in [-0.4, -0.2) is 54.4 Å². The Kier molecular flexibility index (Phi) is 6.12. The topological polar surface area (TPSA) is 49.9 Å². The van der Waals surface area contributed by atoms with Crippen molar-refractivity contribution in [2.45, 2.75) is 6.42 Å². The first-order chi connectivity index (χ1) is 12.6. The van der Waals surface area contributed by atoms with Gasteiger partial charge in [-0.1, -0.05) is 41.9 Å². The summed E-state index contributed by atoms with van der Waals surface area (Å²) in [5, 5.41) is 0.658. The molecule has 0 atom stereocenters. The Morgan fingerprint density at radius 1 is 0.846 bits per heavy atom. The van der Waals surface area contributed by atoms with Crippen molar-refractivity contribution in [1.82, 2.24) is 9.80 Å². The summed E-state index contributed by atoms with van der Waals surface area (Å²) in [7, 11) is 0. The number of hydrogen-bond acceptors (Lipinski definition) is 3. The molecule has 0 spiro atoms. The van der Waals surface area contributed by atoms with Gasteiger partial charge in [-0.15, -0.1) is 0 Å². The molecule has 0 aromatic heterocycles. The van der Waals surface area contributed by atoms with Crippen LogP contribution in [0.2, 0.25) is 5.02 Å². The highest BCUT2D eigenvalue weighted by Gasteiger charge is 2.24. The number of carbonyl (C=O) groups excluding carboxylic acids is 2. The number of benzene rings is 2. The lowest BCUT2D eigenvalue weighted by atomic mass is 10.1. The van der Waals surface area contributed by atoms with Gasteiger partial charge < -0.3 is 14.5 Å². The third-order valence-corrected chi connectivity index (χ3v) is 4.61. The largest absolute Gasteiger partial charge is 0.484 e. The predicted molar refractivity (Wildman–Crippen MR) is 100 cm³/mol. The van der Waals surface area contributed by atoms with Crippen molar-refractivity contribution in [2.24, 2.45) is 0 Å². The molecule has 6 heteroatoms. The van der Waals surface area contributed by atoms with Crippen LogP contribution in [-0.2, 0) is 16.0 Å². The fraction of sp³-hybridized carbons (Fsp3) is 0.300.